The summed E-state index contributed by atoms with van der Waals surface area (Å²) in [5.74, 6) is 0.0253. The third kappa shape index (κ3) is 2.60. The third-order valence-corrected chi connectivity index (χ3v) is 4.43. The van der Waals surface area contributed by atoms with Crippen molar-refractivity contribution in [1.82, 2.24) is 5.16 Å². The molecule has 8 heteroatoms. The molecule has 0 spiro atoms. The number of hydrogen-bond donors (Lipinski definition) is 1. The fourth-order valence-corrected chi connectivity index (χ4v) is 3.19. The molecule has 0 atom stereocenters. The Bertz CT molecular complexity index is 901. The summed E-state index contributed by atoms with van der Waals surface area (Å²) in [6.45, 7) is 1.50. The normalized spacial score (nSPS) is 11.5. The zero-order valence-corrected chi connectivity index (χ0v) is 12.2. The van der Waals surface area contributed by atoms with E-state index in [1.165, 1.54) is 43.5 Å². The Balaban J connectivity index is 1.98. The van der Waals surface area contributed by atoms with Gasteiger partial charge in [0.25, 0.3) is 10.0 Å². The van der Waals surface area contributed by atoms with E-state index < -0.39 is 15.8 Å². The largest absolute Gasteiger partial charge is 0.456 e. The molecule has 3 aromatic rings. The Labute approximate surface area is 125 Å². The topological polar surface area (TPSA) is 85.3 Å². The molecule has 0 aliphatic rings. The first kappa shape index (κ1) is 14.3. The quantitative estimate of drug-likeness (QED) is 0.797. The number of anilines is 1. The molecule has 22 heavy (non-hydrogen) atoms. The Morgan fingerprint density at radius 3 is 2.64 bits per heavy atom. The van der Waals surface area contributed by atoms with Gasteiger partial charge in [-0.15, -0.1) is 0 Å². The van der Waals surface area contributed by atoms with Crippen LogP contribution < -0.4 is 4.72 Å². The smallest absolute Gasteiger partial charge is 0.265 e. The molecule has 0 saturated heterocycles. The lowest BCUT2D eigenvalue weighted by Gasteiger charge is -2.07. The second kappa shape index (κ2) is 5.30. The average molecular weight is 322 g/mol. The van der Waals surface area contributed by atoms with Crippen molar-refractivity contribution in [3.05, 3.63) is 54.2 Å². The summed E-state index contributed by atoms with van der Waals surface area (Å²) in [6, 6.07) is 8.35. The highest BCUT2D eigenvalue weighted by Crippen LogP contribution is 2.29. The maximum absolute atomic E-state index is 13.6. The van der Waals surface area contributed by atoms with Crippen LogP contribution in [0.4, 0.5) is 10.1 Å². The van der Waals surface area contributed by atoms with E-state index in [4.69, 9.17) is 8.94 Å². The maximum atomic E-state index is 13.6. The van der Waals surface area contributed by atoms with Crippen LogP contribution in [0.1, 0.15) is 5.76 Å². The molecule has 6 nitrogen and oxygen atoms in total. The van der Waals surface area contributed by atoms with E-state index >= 15 is 0 Å². The Morgan fingerprint density at radius 2 is 1.95 bits per heavy atom. The first-order chi connectivity index (χ1) is 10.5. The minimum atomic E-state index is -3.98. The molecule has 114 valence electrons. The molecule has 0 aliphatic carbocycles. The highest BCUT2D eigenvalue weighted by Gasteiger charge is 2.24. The number of halogens is 1. The number of aryl methyl sites for hydroxylation is 1. The molecular formula is C14H11FN2O4S. The van der Waals surface area contributed by atoms with Gasteiger partial charge in [0.15, 0.2) is 5.76 Å². The molecule has 3 rings (SSSR count). The molecule has 0 saturated carbocycles. The van der Waals surface area contributed by atoms with Gasteiger partial charge in [0.2, 0.25) is 5.76 Å². The van der Waals surface area contributed by atoms with Crippen molar-refractivity contribution in [2.75, 3.05) is 4.72 Å². The number of nitrogens with one attached hydrogen (secondary N) is 1. The van der Waals surface area contributed by atoms with Crippen LogP contribution in [0.25, 0.3) is 11.5 Å². The Hall–Kier alpha value is -2.61. The second-order valence-electron chi connectivity index (χ2n) is 4.49. The van der Waals surface area contributed by atoms with Crippen LogP contribution in [-0.2, 0) is 10.0 Å². The van der Waals surface area contributed by atoms with Gasteiger partial charge in [-0.1, -0.05) is 17.3 Å². The molecule has 2 aromatic heterocycles. The highest BCUT2D eigenvalue weighted by molar-refractivity contribution is 7.92. The van der Waals surface area contributed by atoms with Gasteiger partial charge in [0.05, 0.1) is 11.9 Å². The number of nitrogens with zero attached hydrogens (tertiary/aromatic N) is 1. The van der Waals surface area contributed by atoms with Crippen molar-refractivity contribution in [2.24, 2.45) is 0 Å². The van der Waals surface area contributed by atoms with Crippen LogP contribution in [0.5, 0.6) is 0 Å². The van der Waals surface area contributed by atoms with Gasteiger partial charge >= 0.3 is 0 Å². The highest BCUT2D eigenvalue weighted by atomic mass is 32.2. The van der Waals surface area contributed by atoms with E-state index in [1.54, 1.807) is 6.07 Å². The predicted molar refractivity (Wildman–Crippen MR) is 76.2 cm³/mol. The van der Waals surface area contributed by atoms with Crippen LogP contribution in [0.15, 0.2) is 56.4 Å². The van der Waals surface area contributed by atoms with E-state index in [0.29, 0.717) is 5.76 Å². The lowest BCUT2D eigenvalue weighted by molar-refractivity contribution is 0.414. The molecule has 2 heterocycles. The van der Waals surface area contributed by atoms with Gasteiger partial charge in [0.1, 0.15) is 16.5 Å². The fraction of sp³-hybridized carbons (Fsp3) is 0.0714. The molecule has 0 unspecified atom stereocenters. The van der Waals surface area contributed by atoms with Crippen LogP contribution in [0.3, 0.4) is 0 Å². The third-order valence-electron chi connectivity index (χ3n) is 2.96. The number of furan rings is 1. The van der Waals surface area contributed by atoms with E-state index in [9.17, 15) is 12.8 Å². The molecule has 0 amide bonds. The monoisotopic (exact) mass is 322 g/mol. The van der Waals surface area contributed by atoms with Crippen LogP contribution >= 0.6 is 0 Å². The number of sulfonamides is 1. The Kier molecular flexibility index (Phi) is 3.45. The van der Waals surface area contributed by atoms with E-state index in [0.717, 1.165) is 0 Å². The Morgan fingerprint density at radius 1 is 1.18 bits per heavy atom. The maximum Gasteiger partial charge on any atom is 0.265 e. The molecule has 0 radical (unpaired) electrons. The number of aromatic nitrogens is 1. The first-order valence-corrected chi connectivity index (χ1v) is 7.74. The zero-order chi connectivity index (χ0) is 15.7. The molecule has 1 aromatic carbocycles. The van der Waals surface area contributed by atoms with E-state index in [2.05, 4.69) is 9.88 Å². The van der Waals surface area contributed by atoms with Crippen molar-refractivity contribution < 1.29 is 21.7 Å². The fourth-order valence-electron chi connectivity index (χ4n) is 1.94. The van der Waals surface area contributed by atoms with Gasteiger partial charge in [-0.05, 0) is 19.1 Å². The standard InChI is InChI=1S/C14H11FN2O4S/c1-9-14(8-13(20-9)12-6-7-16-21-12)22(18,19)17-11-5-3-2-4-10(11)15/h2-8,17H,1H3. The van der Waals surface area contributed by atoms with Crippen molar-refractivity contribution in [2.45, 2.75) is 11.8 Å². The van der Waals surface area contributed by atoms with E-state index in [-0.39, 0.29) is 22.1 Å². The molecule has 1 N–H and O–H groups in total. The summed E-state index contributed by atoms with van der Waals surface area (Å²) >= 11 is 0. The summed E-state index contributed by atoms with van der Waals surface area (Å²) in [7, 11) is -3.98. The SMILES string of the molecule is Cc1oc(-c2ccno2)cc1S(=O)(=O)Nc1ccccc1F. The van der Waals surface area contributed by atoms with Crippen molar-refractivity contribution in [3.8, 4) is 11.5 Å². The summed E-state index contributed by atoms with van der Waals surface area (Å²) < 4.78 is 50.8. The van der Waals surface area contributed by atoms with Gasteiger partial charge in [0, 0.05) is 12.1 Å². The summed E-state index contributed by atoms with van der Waals surface area (Å²) in [5.41, 5.74) is -0.135. The second-order valence-corrected chi connectivity index (χ2v) is 6.14. The number of rotatable bonds is 4. The zero-order valence-electron chi connectivity index (χ0n) is 11.4. The summed E-state index contributed by atoms with van der Waals surface area (Å²) in [4.78, 5) is -0.0952. The van der Waals surface area contributed by atoms with Crippen LogP contribution in [-0.4, -0.2) is 13.6 Å². The summed E-state index contributed by atoms with van der Waals surface area (Å²) in [5, 5.41) is 3.53. The predicted octanol–water partition coefficient (Wildman–Crippen LogP) is 3.18. The molecule has 0 bridgehead atoms. The minimum absolute atomic E-state index is 0.0952. The van der Waals surface area contributed by atoms with Crippen molar-refractivity contribution in [1.29, 1.82) is 0 Å². The number of para-hydroxylation sites is 1. The molecular weight excluding hydrogens is 311 g/mol. The van der Waals surface area contributed by atoms with Gasteiger partial charge < -0.3 is 8.94 Å². The van der Waals surface area contributed by atoms with Crippen LogP contribution in [0, 0.1) is 12.7 Å². The average Bonchev–Trinajstić information content (AvgIpc) is 3.10. The van der Waals surface area contributed by atoms with E-state index in [1.807, 2.05) is 0 Å². The first-order valence-electron chi connectivity index (χ1n) is 6.26. The summed E-state index contributed by atoms with van der Waals surface area (Å²) in [6.07, 6.45) is 1.42. The van der Waals surface area contributed by atoms with Crippen LogP contribution in [0.2, 0.25) is 0 Å². The lowest BCUT2D eigenvalue weighted by atomic mass is 10.3. The van der Waals surface area contributed by atoms with Gasteiger partial charge in [-0.3, -0.25) is 4.72 Å². The van der Waals surface area contributed by atoms with Gasteiger partial charge in [-0.2, -0.15) is 0 Å². The lowest BCUT2D eigenvalue weighted by Crippen LogP contribution is -2.14. The number of benzene rings is 1. The minimum Gasteiger partial charge on any atom is -0.456 e. The van der Waals surface area contributed by atoms with Crippen molar-refractivity contribution in [3.63, 3.8) is 0 Å². The van der Waals surface area contributed by atoms with Crippen molar-refractivity contribution >= 4 is 15.7 Å². The number of hydrogen-bond acceptors (Lipinski definition) is 5. The molecule has 0 fully saturated rings. The van der Waals surface area contributed by atoms with Gasteiger partial charge in [-0.25, -0.2) is 12.8 Å². The molecule has 0 aliphatic heterocycles.